The van der Waals surface area contributed by atoms with E-state index in [-0.39, 0.29) is 5.92 Å². The van der Waals surface area contributed by atoms with Crippen molar-refractivity contribution in [1.29, 1.82) is 0 Å². The molecule has 1 atom stereocenters. The number of aromatic nitrogens is 1. The number of carboxylic acid groups (broad SMARTS) is 1. The van der Waals surface area contributed by atoms with Gasteiger partial charge in [-0.1, -0.05) is 37.3 Å². The van der Waals surface area contributed by atoms with Gasteiger partial charge in [-0.2, -0.15) is 0 Å². The maximum atomic E-state index is 11.0. The number of carboxylic acids is 1. The van der Waals surface area contributed by atoms with Gasteiger partial charge in [0.05, 0.1) is 5.69 Å². The number of benzene rings is 1. The molecule has 0 saturated heterocycles. The highest BCUT2D eigenvalue weighted by atomic mass is 32.1. The Kier molecular flexibility index (Phi) is 3.24. The molecular weight excluding hydrogens is 234 g/mol. The quantitative estimate of drug-likeness (QED) is 0.905. The third-order valence-corrected chi connectivity index (χ3v) is 4.01. The monoisotopic (exact) mass is 247 g/mol. The largest absolute Gasteiger partial charge is 0.477 e. The average molecular weight is 247 g/mol. The highest BCUT2D eigenvalue weighted by molar-refractivity contribution is 7.13. The van der Waals surface area contributed by atoms with Gasteiger partial charge in [-0.05, 0) is 12.5 Å². The predicted molar refractivity (Wildman–Crippen MR) is 67.8 cm³/mol. The number of aryl methyl sites for hydroxylation is 1. The van der Waals surface area contributed by atoms with Crippen molar-refractivity contribution in [2.45, 2.75) is 19.8 Å². The van der Waals surface area contributed by atoms with Crippen molar-refractivity contribution in [2.24, 2.45) is 0 Å². The molecule has 0 spiro atoms. The van der Waals surface area contributed by atoms with Crippen LogP contribution in [0.25, 0.3) is 0 Å². The molecule has 0 aliphatic heterocycles. The van der Waals surface area contributed by atoms with Crippen molar-refractivity contribution in [2.75, 3.05) is 0 Å². The number of hydrogen-bond donors (Lipinski definition) is 1. The van der Waals surface area contributed by atoms with Crippen molar-refractivity contribution in [3.05, 3.63) is 51.5 Å². The van der Waals surface area contributed by atoms with Gasteiger partial charge in [0, 0.05) is 5.92 Å². The van der Waals surface area contributed by atoms with Gasteiger partial charge in [0.25, 0.3) is 0 Å². The van der Waals surface area contributed by atoms with Gasteiger partial charge in [0.2, 0.25) is 0 Å². The molecule has 0 amide bonds. The second-order valence-electron chi connectivity index (χ2n) is 3.90. The SMILES string of the molecule is Cc1nc(C(C)c2ccccc2)sc1C(=O)O. The lowest BCUT2D eigenvalue weighted by molar-refractivity contribution is 0.0701. The van der Waals surface area contributed by atoms with E-state index in [9.17, 15) is 4.79 Å². The van der Waals surface area contributed by atoms with Gasteiger partial charge in [0.1, 0.15) is 9.88 Å². The van der Waals surface area contributed by atoms with Crippen LogP contribution in [-0.4, -0.2) is 16.1 Å². The molecule has 0 aliphatic carbocycles. The lowest BCUT2D eigenvalue weighted by Crippen LogP contribution is -1.94. The summed E-state index contributed by atoms with van der Waals surface area (Å²) in [5.74, 6) is -0.764. The minimum atomic E-state index is -0.897. The van der Waals surface area contributed by atoms with Crippen LogP contribution in [0.4, 0.5) is 0 Å². The maximum Gasteiger partial charge on any atom is 0.347 e. The van der Waals surface area contributed by atoms with Crippen molar-refractivity contribution < 1.29 is 9.90 Å². The number of carbonyl (C=O) groups is 1. The molecule has 17 heavy (non-hydrogen) atoms. The Morgan fingerprint density at radius 3 is 2.53 bits per heavy atom. The average Bonchev–Trinajstić information content (AvgIpc) is 2.71. The van der Waals surface area contributed by atoms with Crippen LogP contribution in [0, 0.1) is 6.92 Å². The van der Waals surface area contributed by atoms with E-state index >= 15 is 0 Å². The Balaban J connectivity index is 2.35. The zero-order valence-electron chi connectivity index (χ0n) is 9.68. The minimum absolute atomic E-state index is 0.132. The summed E-state index contributed by atoms with van der Waals surface area (Å²) in [5, 5.41) is 9.85. The number of aromatic carboxylic acids is 1. The lowest BCUT2D eigenvalue weighted by atomic mass is 10.0. The topological polar surface area (TPSA) is 50.2 Å². The van der Waals surface area contributed by atoms with Crippen molar-refractivity contribution in [1.82, 2.24) is 4.98 Å². The van der Waals surface area contributed by atoms with Crippen molar-refractivity contribution >= 4 is 17.3 Å². The van der Waals surface area contributed by atoms with Crippen LogP contribution >= 0.6 is 11.3 Å². The molecule has 0 aliphatic rings. The molecule has 2 rings (SSSR count). The van der Waals surface area contributed by atoms with Crippen LogP contribution in [0.1, 0.15) is 38.8 Å². The molecule has 4 heteroatoms. The summed E-state index contributed by atoms with van der Waals surface area (Å²) in [6, 6.07) is 9.98. The fourth-order valence-corrected chi connectivity index (χ4v) is 2.67. The smallest absolute Gasteiger partial charge is 0.347 e. The molecular formula is C13H13NO2S. The minimum Gasteiger partial charge on any atom is -0.477 e. The molecule has 0 bridgehead atoms. The summed E-state index contributed by atoms with van der Waals surface area (Å²) >= 11 is 1.26. The van der Waals surface area contributed by atoms with Crippen LogP contribution in [0.5, 0.6) is 0 Å². The summed E-state index contributed by atoms with van der Waals surface area (Å²) in [4.78, 5) is 15.6. The molecule has 0 radical (unpaired) electrons. The van der Waals surface area contributed by atoms with Gasteiger partial charge in [-0.3, -0.25) is 0 Å². The Morgan fingerprint density at radius 2 is 2.00 bits per heavy atom. The van der Waals surface area contributed by atoms with E-state index in [0.717, 1.165) is 10.6 Å². The Hall–Kier alpha value is -1.68. The first-order chi connectivity index (χ1) is 8.09. The first kappa shape index (κ1) is 11.8. The standard InChI is InChI=1S/C13H13NO2S/c1-8(10-6-4-3-5-7-10)12-14-9(2)11(17-12)13(15)16/h3-8H,1-2H3,(H,15,16). The molecule has 1 heterocycles. The molecule has 1 aromatic heterocycles. The third kappa shape index (κ3) is 2.36. The highest BCUT2D eigenvalue weighted by Crippen LogP contribution is 2.29. The normalized spacial score (nSPS) is 12.4. The Morgan fingerprint density at radius 1 is 1.35 bits per heavy atom. The molecule has 1 N–H and O–H groups in total. The lowest BCUT2D eigenvalue weighted by Gasteiger charge is -2.07. The van der Waals surface area contributed by atoms with Gasteiger partial charge in [-0.15, -0.1) is 11.3 Å². The molecule has 1 unspecified atom stereocenters. The zero-order valence-corrected chi connectivity index (χ0v) is 10.5. The second kappa shape index (κ2) is 4.67. The molecule has 0 saturated carbocycles. The number of rotatable bonds is 3. The summed E-state index contributed by atoms with van der Waals surface area (Å²) in [6.07, 6.45) is 0. The van der Waals surface area contributed by atoms with Gasteiger partial charge in [0.15, 0.2) is 0 Å². The molecule has 2 aromatic rings. The molecule has 3 nitrogen and oxygen atoms in total. The molecule has 0 fully saturated rings. The third-order valence-electron chi connectivity index (χ3n) is 2.68. The van der Waals surface area contributed by atoms with E-state index in [1.807, 2.05) is 37.3 Å². The van der Waals surface area contributed by atoms with Crippen LogP contribution in [0.15, 0.2) is 30.3 Å². The number of hydrogen-bond acceptors (Lipinski definition) is 3. The fraction of sp³-hybridized carbons (Fsp3) is 0.231. The number of nitrogens with zero attached hydrogens (tertiary/aromatic N) is 1. The summed E-state index contributed by atoms with van der Waals surface area (Å²) in [7, 11) is 0. The molecule has 88 valence electrons. The van der Waals surface area contributed by atoms with Gasteiger partial charge >= 0.3 is 5.97 Å². The summed E-state index contributed by atoms with van der Waals surface area (Å²) < 4.78 is 0. The van der Waals surface area contributed by atoms with Crippen molar-refractivity contribution in [3.8, 4) is 0 Å². The summed E-state index contributed by atoms with van der Waals surface area (Å²) in [5.41, 5.74) is 1.75. The summed E-state index contributed by atoms with van der Waals surface area (Å²) in [6.45, 7) is 3.78. The first-order valence-corrected chi connectivity index (χ1v) is 6.17. The Bertz CT molecular complexity index is 534. The second-order valence-corrected chi connectivity index (χ2v) is 4.93. The van der Waals surface area contributed by atoms with E-state index in [2.05, 4.69) is 4.98 Å². The van der Waals surface area contributed by atoms with Crippen LogP contribution < -0.4 is 0 Å². The van der Waals surface area contributed by atoms with Crippen molar-refractivity contribution in [3.63, 3.8) is 0 Å². The van der Waals surface area contributed by atoms with E-state index in [0.29, 0.717) is 10.6 Å². The first-order valence-electron chi connectivity index (χ1n) is 5.35. The number of thiazole rings is 1. The van der Waals surface area contributed by atoms with E-state index in [1.54, 1.807) is 6.92 Å². The predicted octanol–water partition coefficient (Wildman–Crippen LogP) is 3.30. The maximum absolute atomic E-state index is 11.0. The van der Waals surface area contributed by atoms with Crippen LogP contribution in [0.3, 0.4) is 0 Å². The zero-order chi connectivity index (χ0) is 12.4. The van der Waals surface area contributed by atoms with Gasteiger partial charge in [-0.25, -0.2) is 9.78 Å². The Labute approximate surface area is 104 Å². The molecule has 1 aromatic carbocycles. The van der Waals surface area contributed by atoms with E-state index in [4.69, 9.17) is 5.11 Å². The van der Waals surface area contributed by atoms with Gasteiger partial charge < -0.3 is 5.11 Å². The fourth-order valence-electron chi connectivity index (χ4n) is 1.69. The van der Waals surface area contributed by atoms with Crippen LogP contribution in [0.2, 0.25) is 0 Å². The van der Waals surface area contributed by atoms with Crippen LogP contribution in [-0.2, 0) is 0 Å². The highest BCUT2D eigenvalue weighted by Gasteiger charge is 2.18. The van der Waals surface area contributed by atoms with E-state index < -0.39 is 5.97 Å². The van der Waals surface area contributed by atoms with E-state index in [1.165, 1.54) is 11.3 Å².